The summed E-state index contributed by atoms with van der Waals surface area (Å²) in [4.78, 5) is 14.0. The molecule has 2 aliphatic heterocycles. The smallest absolute Gasteiger partial charge is 0.410 e. The van der Waals surface area contributed by atoms with E-state index in [0.717, 1.165) is 30.1 Å². The van der Waals surface area contributed by atoms with Crippen molar-refractivity contribution in [2.24, 2.45) is 0 Å². The maximum Gasteiger partial charge on any atom is 0.410 e. The first-order valence-electron chi connectivity index (χ1n) is 7.82. The Hall–Kier alpha value is -1.42. The van der Waals surface area contributed by atoms with E-state index in [4.69, 9.17) is 16.3 Å². The highest BCUT2D eigenvalue weighted by Gasteiger charge is 2.44. The number of hydrogen-bond acceptors (Lipinski definition) is 3. The van der Waals surface area contributed by atoms with E-state index in [0.29, 0.717) is 13.1 Å². The van der Waals surface area contributed by atoms with Gasteiger partial charge in [0, 0.05) is 41.3 Å². The zero-order valence-corrected chi connectivity index (χ0v) is 14.2. The first-order valence-corrected chi connectivity index (χ1v) is 8.19. The molecule has 1 saturated heterocycles. The van der Waals surface area contributed by atoms with Crippen LogP contribution in [0.15, 0.2) is 18.2 Å². The van der Waals surface area contributed by atoms with Gasteiger partial charge in [-0.15, -0.1) is 0 Å². The van der Waals surface area contributed by atoms with Gasteiger partial charge in [-0.2, -0.15) is 0 Å². The van der Waals surface area contributed by atoms with Crippen molar-refractivity contribution >= 4 is 23.4 Å². The third-order valence-corrected chi connectivity index (χ3v) is 4.85. The first-order chi connectivity index (χ1) is 10.3. The second-order valence-electron chi connectivity index (χ2n) is 7.26. The van der Waals surface area contributed by atoms with Crippen molar-refractivity contribution in [1.82, 2.24) is 4.90 Å². The Morgan fingerprint density at radius 2 is 2.00 bits per heavy atom. The molecule has 120 valence electrons. The molecule has 1 fully saturated rings. The van der Waals surface area contributed by atoms with Gasteiger partial charge in [0.25, 0.3) is 0 Å². The van der Waals surface area contributed by atoms with Crippen molar-refractivity contribution in [2.75, 3.05) is 25.0 Å². The number of carbonyl (C=O) groups is 1. The summed E-state index contributed by atoms with van der Waals surface area (Å²) in [6, 6.07) is 6.01. The molecule has 1 N–H and O–H groups in total. The third kappa shape index (κ3) is 2.76. The normalized spacial score (nSPS) is 19.7. The molecule has 5 heteroatoms. The Kier molecular flexibility index (Phi) is 3.76. The van der Waals surface area contributed by atoms with E-state index in [2.05, 4.69) is 11.4 Å². The lowest BCUT2D eigenvalue weighted by molar-refractivity contribution is 0.0172. The van der Waals surface area contributed by atoms with E-state index in [-0.39, 0.29) is 11.5 Å². The summed E-state index contributed by atoms with van der Waals surface area (Å²) < 4.78 is 5.47. The number of fused-ring (bicyclic) bond motifs is 2. The number of nitrogens with zero attached hydrogens (tertiary/aromatic N) is 1. The summed E-state index contributed by atoms with van der Waals surface area (Å²) in [6.07, 6.45) is 1.61. The number of rotatable bonds is 0. The Bertz CT molecular complexity index is 587. The van der Waals surface area contributed by atoms with Crippen LogP contribution < -0.4 is 5.32 Å². The maximum atomic E-state index is 12.2. The molecule has 2 aliphatic rings. The van der Waals surface area contributed by atoms with Crippen LogP contribution >= 0.6 is 11.6 Å². The number of hydrogen-bond donors (Lipinski definition) is 1. The summed E-state index contributed by atoms with van der Waals surface area (Å²) in [7, 11) is 0. The molecule has 1 amide bonds. The van der Waals surface area contributed by atoms with Gasteiger partial charge in [-0.25, -0.2) is 4.79 Å². The van der Waals surface area contributed by atoms with Crippen LogP contribution in [0.25, 0.3) is 0 Å². The molecule has 0 radical (unpaired) electrons. The summed E-state index contributed by atoms with van der Waals surface area (Å²) >= 11 is 6.43. The Morgan fingerprint density at radius 1 is 1.32 bits per heavy atom. The number of nitrogens with one attached hydrogen (secondary N) is 1. The van der Waals surface area contributed by atoms with Crippen molar-refractivity contribution in [2.45, 2.75) is 44.6 Å². The Balaban J connectivity index is 1.72. The quantitative estimate of drug-likeness (QED) is 0.784. The second-order valence-corrected chi connectivity index (χ2v) is 7.67. The molecule has 22 heavy (non-hydrogen) atoms. The van der Waals surface area contributed by atoms with Crippen molar-refractivity contribution in [3.05, 3.63) is 28.8 Å². The molecule has 1 spiro atoms. The summed E-state index contributed by atoms with van der Waals surface area (Å²) in [5.74, 6) is 0. The number of halogens is 1. The average molecular weight is 323 g/mol. The minimum Gasteiger partial charge on any atom is -0.444 e. The molecule has 4 nitrogen and oxygen atoms in total. The van der Waals surface area contributed by atoms with E-state index in [1.54, 1.807) is 0 Å². The standard InChI is InChI=1S/C17H23ClN2O2/c1-16(2,3)22-15(21)20-9-7-17(8-10-20)11-19-13-6-4-5-12(18)14(13)17/h4-6,19H,7-11H2,1-3H3. The van der Waals surface area contributed by atoms with Crippen LogP contribution in [0.4, 0.5) is 10.5 Å². The van der Waals surface area contributed by atoms with Gasteiger partial charge in [0.15, 0.2) is 0 Å². The first kappa shape index (κ1) is 15.5. The minimum absolute atomic E-state index is 0.0478. The maximum absolute atomic E-state index is 12.2. The summed E-state index contributed by atoms with van der Waals surface area (Å²) in [6.45, 7) is 8.00. The molecule has 0 aromatic heterocycles. The predicted molar refractivity (Wildman–Crippen MR) is 88.7 cm³/mol. The van der Waals surface area contributed by atoms with Crippen LogP contribution in [0.5, 0.6) is 0 Å². The molecular weight excluding hydrogens is 300 g/mol. The van der Waals surface area contributed by atoms with Crippen LogP contribution in [0.2, 0.25) is 5.02 Å². The highest BCUT2D eigenvalue weighted by atomic mass is 35.5. The topological polar surface area (TPSA) is 41.6 Å². The average Bonchev–Trinajstić information content (AvgIpc) is 2.78. The zero-order chi connectivity index (χ0) is 16.0. The fourth-order valence-electron chi connectivity index (χ4n) is 3.43. The fourth-order valence-corrected chi connectivity index (χ4v) is 3.81. The molecule has 0 atom stereocenters. The number of amides is 1. The number of carbonyl (C=O) groups excluding carboxylic acids is 1. The summed E-state index contributed by atoms with van der Waals surface area (Å²) in [5, 5.41) is 4.29. The van der Waals surface area contributed by atoms with Gasteiger partial charge in [-0.3, -0.25) is 0 Å². The highest BCUT2D eigenvalue weighted by Crippen LogP contribution is 2.47. The molecule has 0 bridgehead atoms. The van der Waals surface area contributed by atoms with Gasteiger partial charge in [-0.1, -0.05) is 17.7 Å². The number of likely N-dealkylation sites (tertiary alicyclic amines) is 1. The molecule has 1 aromatic rings. The van der Waals surface area contributed by atoms with E-state index < -0.39 is 5.60 Å². The van der Waals surface area contributed by atoms with Crippen LogP contribution in [0.3, 0.4) is 0 Å². The van der Waals surface area contributed by atoms with E-state index >= 15 is 0 Å². The predicted octanol–water partition coefficient (Wildman–Crippen LogP) is 4.03. The van der Waals surface area contributed by atoms with E-state index in [1.165, 1.54) is 5.56 Å². The van der Waals surface area contributed by atoms with E-state index in [9.17, 15) is 4.79 Å². The van der Waals surface area contributed by atoms with Crippen molar-refractivity contribution < 1.29 is 9.53 Å². The lowest BCUT2D eigenvalue weighted by Crippen LogP contribution is -2.47. The van der Waals surface area contributed by atoms with Crippen LogP contribution in [0.1, 0.15) is 39.2 Å². The largest absolute Gasteiger partial charge is 0.444 e. The van der Waals surface area contributed by atoms with Gasteiger partial charge in [0.1, 0.15) is 5.60 Å². The number of ether oxygens (including phenoxy) is 1. The fraction of sp³-hybridized carbons (Fsp3) is 0.588. The minimum atomic E-state index is -0.447. The van der Waals surface area contributed by atoms with Crippen molar-refractivity contribution in [1.29, 1.82) is 0 Å². The van der Waals surface area contributed by atoms with Crippen LogP contribution in [-0.2, 0) is 10.2 Å². The second kappa shape index (κ2) is 5.34. The number of anilines is 1. The molecule has 0 unspecified atom stereocenters. The molecule has 2 heterocycles. The zero-order valence-electron chi connectivity index (χ0n) is 13.4. The SMILES string of the molecule is CC(C)(C)OC(=O)N1CCC2(CC1)CNc1cccc(Cl)c12. The van der Waals surface area contributed by atoms with E-state index in [1.807, 2.05) is 37.8 Å². The van der Waals surface area contributed by atoms with Crippen LogP contribution in [-0.4, -0.2) is 36.2 Å². The lowest BCUT2D eigenvalue weighted by atomic mass is 9.74. The van der Waals surface area contributed by atoms with Gasteiger partial charge in [-0.05, 0) is 45.7 Å². The van der Waals surface area contributed by atoms with Crippen LogP contribution in [0, 0.1) is 0 Å². The lowest BCUT2D eigenvalue weighted by Gasteiger charge is -2.40. The molecule has 1 aromatic carbocycles. The highest BCUT2D eigenvalue weighted by molar-refractivity contribution is 6.32. The van der Waals surface area contributed by atoms with Gasteiger partial charge >= 0.3 is 6.09 Å². The van der Waals surface area contributed by atoms with Gasteiger partial charge in [0.05, 0.1) is 0 Å². The van der Waals surface area contributed by atoms with Crippen molar-refractivity contribution in [3.63, 3.8) is 0 Å². The van der Waals surface area contributed by atoms with Gasteiger partial charge < -0.3 is 15.0 Å². The molecule has 3 rings (SSSR count). The monoisotopic (exact) mass is 322 g/mol. The Labute approximate surface area is 136 Å². The third-order valence-electron chi connectivity index (χ3n) is 4.53. The van der Waals surface area contributed by atoms with Gasteiger partial charge in [0.2, 0.25) is 0 Å². The van der Waals surface area contributed by atoms with Crippen molar-refractivity contribution in [3.8, 4) is 0 Å². The molecule has 0 aliphatic carbocycles. The number of benzene rings is 1. The number of piperidine rings is 1. The Morgan fingerprint density at radius 3 is 2.64 bits per heavy atom. The molecular formula is C17H23ClN2O2. The summed E-state index contributed by atoms with van der Waals surface area (Å²) in [5.41, 5.74) is 1.96. The molecule has 0 saturated carbocycles.